The minimum Gasteiger partial charge on any atom is -0.396 e. The molecular formula is C9H16O5. The fraction of sp³-hybridized carbons (Fsp3) is 1.00. The van der Waals surface area contributed by atoms with Crippen LogP contribution in [0.5, 0.6) is 0 Å². The molecular weight excluding hydrogens is 188 g/mol. The Kier molecular flexibility index (Phi) is 2.14. The normalized spacial score (nSPS) is 57.6. The Hall–Kier alpha value is -0.200. The van der Waals surface area contributed by atoms with Crippen molar-refractivity contribution in [2.24, 2.45) is 5.92 Å². The lowest BCUT2D eigenvalue weighted by Crippen LogP contribution is -2.51. The van der Waals surface area contributed by atoms with Gasteiger partial charge in [-0.2, -0.15) is 0 Å². The van der Waals surface area contributed by atoms with Crippen LogP contribution in [0.15, 0.2) is 0 Å². The van der Waals surface area contributed by atoms with Gasteiger partial charge in [0, 0.05) is 12.3 Å². The van der Waals surface area contributed by atoms with Crippen molar-refractivity contribution in [2.45, 2.75) is 36.8 Å². The Labute approximate surface area is 81.9 Å². The maximum Gasteiger partial charge on any atom is 0.115 e. The zero-order valence-electron chi connectivity index (χ0n) is 8.05. The average molecular weight is 204 g/mol. The second-order valence-corrected chi connectivity index (χ2v) is 4.44. The topological polar surface area (TPSA) is 90.2 Å². The Morgan fingerprint density at radius 1 is 1.43 bits per heavy atom. The summed E-state index contributed by atoms with van der Waals surface area (Å²) in [4.78, 5) is 0. The molecule has 1 saturated heterocycles. The fourth-order valence-corrected chi connectivity index (χ4v) is 2.77. The van der Waals surface area contributed by atoms with Crippen LogP contribution in [0.1, 0.15) is 13.3 Å². The molecule has 1 heterocycles. The molecule has 1 aliphatic heterocycles. The summed E-state index contributed by atoms with van der Waals surface area (Å²) in [6.45, 7) is 1.41. The number of hydrogen-bond donors (Lipinski definition) is 4. The minimum atomic E-state index is -1.42. The van der Waals surface area contributed by atoms with Gasteiger partial charge in [-0.15, -0.1) is 0 Å². The summed E-state index contributed by atoms with van der Waals surface area (Å²) in [6.07, 6.45) is -1.69. The van der Waals surface area contributed by atoms with Gasteiger partial charge >= 0.3 is 0 Å². The van der Waals surface area contributed by atoms with Gasteiger partial charge in [0.2, 0.25) is 0 Å². The highest BCUT2D eigenvalue weighted by atomic mass is 16.5. The molecule has 5 atom stereocenters. The average Bonchev–Trinajstić information content (AvgIpc) is 2.18. The van der Waals surface area contributed by atoms with E-state index in [1.807, 2.05) is 0 Å². The quantitative estimate of drug-likeness (QED) is 0.406. The van der Waals surface area contributed by atoms with Crippen LogP contribution in [0.2, 0.25) is 0 Å². The van der Waals surface area contributed by atoms with E-state index in [1.54, 1.807) is 0 Å². The molecule has 4 N–H and O–H groups in total. The first-order chi connectivity index (χ1) is 6.44. The van der Waals surface area contributed by atoms with Crippen LogP contribution in [0, 0.1) is 5.92 Å². The van der Waals surface area contributed by atoms with E-state index in [0.717, 1.165) is 0 Å². The van der Waals surface area contributed by atoms with Crippen LogP contribution < -0.4 is 0 Å². The highest BCUT2D eigenvalue weighted by molar-refractivity contribution is 5.17. The molecule has 1 unspecified atom stereocenters. The van der Waals surface area contributed by atoms with Crippen LogP contribution in [-0.2, 0) is 4.74 Å². The molecule has 0 aromatic heterocycles. The monoisotopic (exact) mass is 204 g/mol. The summed E-state index contributed by atoms with van der Waals surface area (Å²) in [5.41, 5.74) is -2.79. The third-order valence-corrected chi connectivity index (χ3v) is 3.67. The zero-order chi connectivity index (χ0) is 10.6. The molecule has 2 bridgehead atoms. The molecule has 1 saturated carbocycles. The van der Waals surface area contributed by atoms with Crippen molar-refractivity contribution in [3.8, 4) is 0 Å². The van der Waals surface area contributed by atoms with Gasteiger partial charge in [-0.05, 0) is 6.92 Å². The van der Waals surface area contributed by atoms with Crippen LogP contribution >= 0.6 is 0 Å². The molecule has 1 aliphatic carbocycles. The first kappa shape index (κ1) is 10.3. The van der Waals surface area contributed by atoms with Gasteiger partial charge in [-0.25, -0.2) is 0 Å². The predicted octanol–water partition coefficient (Wildman–Crippen LogP) is -1.76. The number of fused-ring (bicyclic) bond motifs is 2. The third kappa shape index (κ3) is 1.02. The van der Waals surface area contributed by atoms with Gasteiger partial charge in [-0.3, -0.25) is 0 Å². The molecule has 5 heteroatoms. The standard InChI is InChI=1S/C9H16O5/c1-8(12)5(4-10)9(13)2-3-14-7(8)6(9)11/h5-7,10-13H,2-4H2,1H3/t5-,6?,7-,8-,9+/m1/s1. The Morgan fingerprint density at radius 3 is 2.57 bits per heavy atom. The molecule has 14 heavy (non-hydrogen) atoms. The van der Waals surface area contributed by atoms with Crippen LogP contribution in [-0.4, -0.2) is 57.0 Å². The van der Waals surface area contributed by atoms with Crippen LogP contribution in [0.3, 0.4) is 0 Å². The second-order valence-electron chi connectivity index (χ2n) is 4.44. The fourth-order valence-electron chi connectivity index (χ4n) is 2.77. The van der Waals surface area contributed by atoms with Crippen LogP contribution in [0.25, 0.3) is 0 Å². The van der Waals surface area contributed by atoms with E-state index >= 15 is 0 Å². The summed E-state index contributed by atoms with van der Waals surface area (Å²) in [5, 5.41) is 39.1. The summed E-state index contributed by atoms with van der Waals surface area (Å²) in [7, 11) is 0. The number of rotatable bonds is 1. The molecule has 2 rings (SSSR count). The molecule has 0 aromatic carbocycles. The smallest absolute Gasteiger partial charge is 0.115 e. The van der Waals surface area contributed by atoms with Crippen LogP contribution in [0.4, 0.5) is 0 Å². The molecule has 0 radical (unpaired) electrons. The van der Waals surface area contributed by atoms with Gasteiger partial charge in [0.05, 0.1) is 18.8 Å². The number of hydrogen-bond acceptors (Lipinski definition) is 5. The first-order valence-corrected chi connectivity index (χ1v) is 4.80. The molecule has 0 aromatic rings. The van der Waals surface area contributed by atoms with E-state index in [1.165, 1.54) is 6.92 Å². The van der Waals surface area contributed by atoms with Gasteiger partial charge in [-0.1, -0.05) is 0 Å². The summed E-state index contributed by atoms with van der Waals surface area (Å²) < 4.78 is 5.22. The van der Waals surface area contributed by atoms with Crippen molar-refractivity contribution >= 4 is 0 Å². The zero-order valence-corrected chi connectivity index (χ0v) is 8.05. The van der Waals surface area contributed by atoms with Crippen molar-refractivity contribution in [2.75, 3.05) is 13.2 Å². The maximum absolute atomic E-state index is 10.1. The lowest BCUT2D eigenvalue weighted by atomic mass is 9.82. The molecule has 82 valence electrons. The maximum atomic E-state index is 10.1. The van der Waals surface area contributed by atoms with Gasteiger partial charge in [0.1, 0.15) is 17.8 Å². The summed E-state index contributed by atoms with van der Waals surface area (Å²) in [5.74, 6) is -0.752. The summed E-state index contributed by atoms with van der Waals surface area (Å²) in [6, 6.07) is 0. The van der Waals surface area contributed by atoms with Crippen molar-refractivity contribution in [1.29, 1.82) is 0 Å². The molecule has 0 amide bonds. The Bertz CT molecular complexity index is 241. The number of aliphatic hydroxyl groups is 4. The molecule has 2 aliphatic rings. The molecule has 2 fully saturated rings. The van der Waals surface area contributed by atoms with E-state index in [-0.39, 0.29) is 13.0 Å². The lowest BCUT2D eigenvalue weighted by Gasteiger charge is -2.35. The van der Waals surface area contributed by atoms with E-state index in [2.05, 4.69) is 0 Å². The van der Waals surface area contributed by atoms with Crippen molar-refractivity contribution in [1.82, 2.24) is 0 Å². The summed E-state index contributed by atoms with van der Waals surface area (Å²) >= 11 is 0. The largest absolute Gasteiger partial charge is 0.396 e. The van der Waals surface area contributed by atoms with Gasteiger partial charge in [0.25, 0.3) is 0 Å². The van der Waals surface area contributed by atoms with E-state index < -0.39 is 29.3 Å². The first-order valence-electron chi connectivity index (χ1n) is 4.80. The molecule has 5 nitrogen and oxygen atoms in total. The van der Waals surface area contributed by atoms with E-state index in [4.69, 9.17) is 9.84 Å². The lowest BCUT2D eigenvalue weighted by molar-refractivity contribution is -0.170. The number of aliphatic hydroxyl groups excluding tert-OH is 2. The Morgan fingerprint density at radius 2 is 2.07 bits per heavy atom. The third-order valence-electron chi connectivity index (χ3n) is 3.67. The van der Waals surface area contributed by atoms with E-state index in [0.29, 0.717) is 6.61 Å². The van der Waals surface area contributed by atoms with Crippen molar-refractivity contribution in [3.63, 3.8) is 0 Å². The van der Waals surface area contributed by atoms with E-state index in [9.17, 15) is 15.3 Å². The SMILES string of the molecule is C[C@]1(O)[C@@H]2OCC[C@@](O)(C2O)[C@@H]1CO. The van der Waals surface area contributed by atoms with Gasteiger partial charge in [0.15, 0.2) is 0 Å². The Balaban J connectivity index is 2.41. The number of ether oxygens (including phenoxy) is 1. The molecule has 0 spiro atoms. The van der Waals surface area contributed by atoms with Crippen molar-refractivity contribution in [3.05, 3.63) is 0 Å². The second kappa shape index (κ2) is 2.90. The highest BCUT2D eigenvalue weighted by Crippen LogP contribution is 2.49. The highest BCUT2D eigenvalue weighted by Gasteiger charge is 2.67. The minimum absolute atomic E-state index is 0.242. The predicted molar refractivity (Wildman–Crippen MR) is 46.5 cm³/mol. The van der Waals surface area contributed by atoms with Crippen molar-refractivity contribution < 1.29 is 25.2 Å². The van der Waals surface area contributed by atoms with Gasteiger partial charge < -0.3 is 25.2 Å².